The van der Waals surface area contributed by atoms with Crippen LogP contribution >= 0.6 is 200 Å². The lowest BCUT2D eigenvalue weighted by atomic mass is 10.1. The molecule has 0 spiro atoms. The molecule has 0 saturated carbocycles. The normalized spacial score (nSPS) is 12.3. The third kappa shape index (κ3) is 30.0. The number of likely N-dealkylation sites (N-methyl/N-ethyl adjacent to an activating group) is 4. The number of carbonyl (C=O) groups is 3. The maximum atomic E-state index is 13.9. The molecule has 4 atom stereocenters. The van der Waals surface area contributed by atoms with Crippen molar-refractivity contribution in [1.82, 2.24) is 78.2 Å². The zero-order valence-corrected chi connectivity index (χ0v) is 96.6. The molecule has 2 amide bonds. The number of hydrogen-bond acceptors (Lipinski definition) is 21. The molecule has 138 heavy (non-hydrogen) atoms. The standard InChI is InChI=1S/C27H27Br3N4O2S.C27H28Br2N4O2S.C20H24Br2N4OS.C20H25BrN4OS.C7H4BrClO/c1-4-20(33(15-14-32(2)3)26(35)18-10-12-19(28)13-11-18)24-31-25-21(22(29)23(30)37-25)27(36)34(24)16-17-8-6-5-7-9-17;1-4-22(32(15-14-31(2)3)26(34)19-10-12-20(28)13-11-19)24-30-25-21(16-23(29)36-25)27(35)33(24)17-18-8-6-5-7-9-18;1-4-14(23-10-11-25(2)3)18-24-19-15(16(21)17(22)28-19)20(27)26(18)12-13-8-6-5-7-9-13;1-4-16(22-10-11-24(2)3)18-23-19-15(12-17(21)27-19)20(26)25(18)13-14-8-6-5-7-9-14;8-6-3-1-5(2-4-6)7(9)10/h5-13,20H,4,14-16H2,1-3H3;5-13,16,22H,4,14-15,17H2,1-3H3;5-9,14,23H,4,10-12H2,1-3H3;5-9,12,16,22H,4,10-11,13H2,1-3H3;1-4H. The van der Waals surface area contributed by atoms with Crippen molar-refractivity contribution in [2.75, 3.05) is 109 Å². The van der Waals surface area contributed by atoms with Gasteiger partial charge in [-0.05, 0) is 296 Å². The van der Waals surface area contributed by atoms with E-state index in [4.69, 9.17) is 31.5 Å². The van der Waals surface area contributed by atoms with Gasteiger partial charge in [0.2, 0.25) is 0 Å². The van der Waals surface area contributed by atoms with E-state index >= 15 is 0 Å². The minimum atomic E-state index is -0.424. The Morgan fingerprint density at radius 1 is 0.348 bits per heavy atom. The van der Waals surface area contributed by atoms with Gasteiger partial charge >= 0.3 is 0 Å². The fourth-order valence-corrected chi connectivity index (χ4v) is 23.3. The van der Waals surface area contributed by atoms with E-state index in [9.17, 15) is 33.6 Å². The van der Waals surface area contributed by atoms with E-state index in [1.165, 1.54) is 45.3 Å². The van der Waals surface area contributed by atoms with E-state index in [1.54, 1.807) is 33.4 Å². The SMILES string of the molecule is CCC(NCCN(C)C)c1nc2sc(Br)c(Br)c2c(=O)n1Cc1ccccc1.CCC(NCCN(C)C)c1nc2sc(Br)cc2c(=O)n1Cc1ccccc1.CCC(c1nc2sc(Br)c(Br)c2c(=O)n1Cc1ccccc1)N(CCN(C)C)C(=O)c1ccc(Br)cc1.CCC(c1nc2sc(Br)cc2c(=O)n1Cc1ccccc1)N(CCN(C)C)C(=O)c1ccc(Br)cc1.O=C(Cl)c1ccc(Br)cc1. The average molecular weight is 2540 g/mol. The van der Waals surface area contributed by atoms with Crippen LogP contribution < -0.4 is 32.9 Å². The summed E-state index contributed by atoms with van der Waals surface area (Å²) in [6.07, 6.45) is 2.95. The van der Waals surface area contributed by atoms with Gasteiger partial charge in [-0.2, -0.15) is 0 Å². The Hall–Kier alpha value is -7.12. The zero-order valence-electron chi connectivity index (χ0n) is 78.3. The van der Waals surface area contributed by atoms with Crippen LogP contribution in [0.2, 0.25) is 0 Å². The largest absolute Gasteiger partial charge is 0.327 e. The molecule has 0 saturated heterocycles. The number of fused-ring (bicyclic) bond motifs is 4. The Bertz CT molecular complexity index is 6860. The number of nitrogens with one attached hydrogen (secondary N) is 2. The van der Waals surface area contributed by atoms with Crippen LogP contribution in [0.5, 0.6) is 0 Å². The molecule has 15 aromatic rings. The molecule has 0 bridgehead atoms. The van der Waals surface area contributed by atoms with Gasteiger partial charge < -0.3 is 40.0 Å². The van der Waals surface area contributed by atoms with Crippen molar-refractivity contribution in [2.24, 2.45) is 0 Å². The number of halogens is 10. The highest BCUT2D eigenvalue weighted by Gasteiger charge is 2.34. The molecule has 8 heterocycles. The van der Waals surface area contributed by atoms with Gasteiger partial charge in [0.25, 0.3) is 39.3 Å². The molecule has 7 aromatic carbocycles. The Morgan fingerprint density at radius 3 is 0.935 bits per heavy atom. The topological polar surface area (TPSA) is 234 Å². The number of amides is 2. The Labute approximate surface area is 901 Å². The Balaban J connectivity index is 0.000000171. The van der Waals surface area contributed by atoms with Gasteiger partial charge in [0.15, 0.2) is 0 Å². The molecule has 15 rings (SSSR count). The van der Waals surface area contributed by atoms with Gasteiger partial charge in [0.1, 0.15) is 42.6 Å². The van der Waals surface area contributed by atoms with Gasteiger partial charge in [-0.1, -0.05) is 197 Å². The zero-order chi connectivity index (χ0) is 99.7. The smallest absolute Gasteiger partial charge is 0.263 e. The van der Waals surface area contributed by atoms with Crippen LogP contribution in [0.3, 0.4) is 0 Å². The average Bonchev–Trinajstić information content (AvgIpc) is 1.59. The number of nitrogens with zero attached hydrogens (tertiary/aromatic N) is 14. The second-order valence-electron chi connectivity index (χ2n) is 33.3. The van der Waals surface area contributed by atoms with Crippen LogP contribution in [-0.2, 0) is 26.2 Å². The molecule has 23 nitrogen and oxygen atoms in total. The van der Waals surface area contributed by atoms with E-state index in [0.717, 1.165) is 116 Å². The molecule has 728 valence electrons. The van der Waals surface area contributed by atoms with Crippen LogP contribution in [0.1, 0.15) is 154 Å². The van der Waals surface area contributed by atoms with Crippen molar-refractivity contribution in [3.8, 4) is 0 Å². The third-order valence-corrected chi connectivity index (χ3v) is 33.9. The molecule has 2 N–H and O–H groups in total. The molecule has 37 heteroatoms. The second kappa shape index (κ2) is 54.0. The molecule has 0 radical (unpaired) electrons. The van der Waals surface area contributed by atoms with Crippen molar-refractivity contribution in [2.45, 2.75) is 104 Å². The first-order valence-electron chi connectivity index (χ1n) is 44.6. The number of benzene rings is 7. The van der Waals surface area contributed by atoms with Crippen LogP contribution in [-0.4, -0.2) is 193 Å². The van der Waals surface area contributed by atoms with Gasteiger partial charge in [0.05, 0.1) is 96.0 Å². The van der Waals surface area contributed by atoms with Crippen molar-refractivity contribution in [1.29, 1.82) is 0 Å². The summed E-state index contributed by atoms with van der Waals surface area (Å²) in [6.45, 7) is 16.0. The summed E-state index contributed by atoms with van der Waals surface area (Å²) < 4.78 is 14.9. The highest BCUT2D eigenvalue weighted by atomic mass is 79.9. The third-order valence-electron chi connectivity index (χ3n) is 22.3. The first kappa shape index (κ1) is 111. The highest BCUT2D eigenvalue weighted by molar-refractivity contribution is 9.14. The van der Waals surface area contributed by atoms with Gasteiger partial charge in [-0.3, -0.25) is 51.8 Å². The fraction of sp³-hybridized carbons (Fsp3) is 0.317. The molecule has 0 aliphatic carbocycles. The van der Waals surface area contributed by atoms with E-state index in [0.29, 0.717) is 129 Å². The minimum absolute atomic E-state index is 0.00876. The number of hydrogen-bond donors (Lipinski definition) is 2. The number of rotatable bonds is 35. The minimum Gasteiger partial charge on any atom is -0.327 e. The Kier molecular flexibility index (Phi) is 43.5. The van der Waals surface area contributed by atoms with Crippen LogP contribution in [0.15, 0.2) is 263 Å². The number of thiophene rings is 4. The first-order valence-corrected chi connectivity index (χ1v) is 55.3. The summed E-state index contributed by atoms with van der Waals surface area (Å²) in [4.78, 5) is 127. The van der Waals surface area contributed by atoms with Crippen molar-refractivity contribution < 1.29 is 14.4 Å². The van der Waals surface area contributed by atoms with Crippen LogP contribution in [0.4, 0.5) is 0 Å². The van der Waals surface area contributed by atoms with Crippen molar-refractivity contribution in [3.05, 3.63) is 347 Å². The van der Waals surface area contributed by atoms with Gasteiger partial charge in [-0.15, -0.1) is 45.3 Å². The molecule has 4 unspecified atom stereocenters. The lowest BCUT2D eigenvalue weighted by Gasteiger charge is -2.33. The van der Waals surface area contributed by atoms with E-state index < -0.39 is 11.3 Å². The van der Waals surface area contributed by atoms with Gasteiger partial charge in [-0.25, -0.2) is 19.9 Å². The summed E-state index contributed by atoms with van der Waals surface area (Å²) in [7, 11) is 16.2. The number of aromatic nitrogens is 8. The fourth-order valence-electron chi connectivity index (χ4n) is 15.2. The van der Waals surface area contributed by atoms with E-state index in [1.807, 2.05) is 243 Å². The van der Waals surface area contributed by atoms with E-state index in [2.05, 4.69) is 216 Å². The highest BCUT2D eigenvalue weighted by Crippen LogP contribution is 2.41. The quantitative estimate of drug-likeness (QED) is 0.0351. The van der Waals surface area contributed by atoms with Crippen molar-refractivity contribution >= 4 is 258 Å². The van der Waals surface area contributed by atoms with Crippen LogP contribution in [0, 0.1) is 0 Å². The molecule has 0 aliphatic heterocycles. The molecule has 0 fully saturated rings. The maximum Gasteiger partial charge on any atom is 0.263 e. The monoisotopic (exact) mass is 2530 g/mol. The summed E-state index contributed by atoms with van der Waals surface area (Å²) in [5, 5.41) is 9.17. The lowest BCUT2D eigenvalue weighted by Crippen LogP contribution is -2.42. The summed E-state index contributed by atoms with van der Waals surface area (Å²) in [6, 6.07) is 64.5. The predicted octanol–water partition coefficient (Wildman–Crippen LogP) is 24.5. The predicted molar refractivity (Wildman–Crippen MR) is 601 cm³/mol. The molecular weight excluding hydrogens is 2430 g/mol. The van der Waals surface area contributed by atoms with Gasteiger partial charge in [0, 0.05) is 82.5 Å². The lowest BCUT2D eigenvalue weighted by molar-refractivity contribution is 0.0635. The van der Waals surface area contributed by atoms with Crippen molar-refractivity contribution in [3.63, 3.8) is 0 Å². The summed E-state index contributed by atoms with van der Waals surface area (Å²) in [5.41, 5.74) is 5.69. The molecule has 0 aliphatic rings. The molecule has 8 aromatic heterocycles. The Morgan fingerprint density at radius 2 is 0.630 bits per heavy atom. The number of carbonyl (C=O) groups excluding carboxylic acids is 3. The summed E-state index contributed by atoms with van der Waals surface area (Å²) >= 11 is 42.4. The maximum absolute atomic E-state index is 13.9. The second-order valence-corrected chi connectivity index (χ2v) is 47.5. The molecular formula is C101H108Br9ClN16O7S4. The van der Waals surface area contributed by atoms with Crippen LogP contribution in [0.25, 0.3) is 40.9 Å². The first-order chi connectivity index (χ1) is 66.1. The summed E-state index contributed by atoms with van der Waals surface area (Å²) in [5.74, 6) is 2.64. The van der Waals surface area contributed by atoms with E-state index in [-0.39, 0.29) is 52.2 Å².